The van der Waals surface area contributed by atoms with Gasteiger partial charge in [0.25, 0.3) is 0 Å². The minimum absolute atomic E-state index is 0. The predicted octanol–water partition coefficient (Wildman–Crippen LogP) is 21.2. The van der Waals surface area contributed by atoms with E-state index >= 15 is 0 Å². The Morgan fingerprint density at radius 3 is 1.54 bits per heavy atom. The summed E-state index contributed by atoms with van der Waals surface area (Å²) in [6.45, 7) is 32.2. The third kappa shape index (κ3) is 11.0. The van der Waals surface area contributed by atoms with Crippen LogP contribution >= 0.6 is 0 Å². The number of nitrogens with zero attached hydrogens (tertiary/aromatic N) is 4. The average Bonchev–Trinajstić information content (AvgIpc) is 2.45. The second kappa shape index (κ2) is 22.8. The largest absolute Gasteiger partial charge is 0.509 e. The van der Waals surface area contributed by atoms with Crippen molar-refractivity contribution in [1.29, 1.82) is 0 Å². The minimum atomic E-state index is -0.298. The minimum Gasteiger partial charge on any atom is -0.509 e. The molecule has 6 heteroatoms. The van der Waals surface area contributed by atoms with Gasteiger partial charge in [0, 0.05) is 77.6 Å². The molecule has 432 valence electrons. The van der Waals surface area contributed by atoms with E-state index < -0.39 is 0 Å². The summed E-state index contributed by atoms with van der Waals surface area (Å²) in [5.41, 5.74) is 18.7. The summed E-state index contributed by atoms with van der Waals surface area (Å²) in [4.78, 5) is 9.72. The Hall–Kier alpha value is -7.98. The van der Waals surface area contributed by atoms with Crippen LogP contribution in [0, 0.1) is 18.8 Å². The Morgan fingerprint density at radius 2 is 0.988 bits per heavy atom. The quantitative estimate of drug-likeness (QED) is 0.102. The van der Waals surface area contributed by atoms with E-state index in [0.717, 1.165) is 55.9 Å². The van der Waals surface area contributed by atoms with Crippen molar-refractivity contribution < 1.29 is 25.8 Å². The van der Waals surface area contributed by atoms with E-state index in [2.05, 4.69) is 329 Å². The molecule has 0 bridgehead atoms. The van der Waals surface area contributed by atoms with Gasteiger partial charge in [-0.25, -0.2) is 4.98 Å². The van der Waals surface area contributed by atoms with Gasteiger partial charge in [0.15, 0.2) is 0 Å². The summed E-state index contributed by atoms with van der Waals surface area (Å²) < 4.78 is 9.50. The summed E-state index contributed by atoms with van der Waals surface area (Å²) in [6.07, 6.45) is 1.94. The van der Waals surface area contributed by atoms with Crippen LogP contribution in [0.5, 0.6) is 11.5 Å². The molecule has 0 aliphatic carbocycles. The first-order valence-electron chi connectivity index (χ1n) is 29.9. The van der Waals surface area contributed by atoms with Gasteiger partial charge in [-0.15, -0.1) is 53.6 Å². The van der Waals surface area contributed by atoms with Crippen molar-refractivity contribution >= 4 is 44.6 Å². The molecule has 9 aromatic carbocycles. The summed E-state index contributed by atoms with van der Waals surface area (Å²) >= 11 is 0. The predicted molar refractivity (Wildman–Crippen MR) is 352 cm³/mol. The number of anilines is 4. The maximum atomic E-state index is 7.24. The van der Waals surface area contributed by atoms with Crippen LogP contribution in [-0.2, 0) is 42.7 Å². The third-order valence-electron chi connectivity index (χ3n) is 17.9. The molecule has 1 aliphatic rings. The van der Waals surface area contributed by atoms with Crippen molar-refractivity contribution in [2.75, 3.05) is 9.80 Å². The fraction of sp³-hybridized carbons (Fsp3) is 0.241. The Balaban J connectivity index is 0.00000752. The van der Waals surface area contributed by atoms with Crippen molar-refractivity contribution in [3.8, 4) is 28.4 Å². The van der Waals surface area contributed by atoms with Crippen LogP contribution in [0.4, 0.5) is 22.7 Å². The zero-order chi connectivity index (χ0) is 58.9. The molecule has 11 aromatic rings. The van der Waals surface area contributed by atoms with Gasteiger partial charge in [-0.2, -0.15) is 6.07 Å². The van der Waals surface area contributed by atoms with Crippen molar-refractivity contribution in [1.82, 2.24) is 9.55 Å². The molecule has 0 saturated heterocycles. The molecule has 3 heterocycles. The van der Waals surface area contributed by atoms with E-state index in [-0.39, 0.29) is 54.6 Å². The Kier molecular flexibility index (Phi) is 15.8. The van der Waals surface area contributed by atoms with Crippen molar-refractivity contribution in [3.63, 3.8) is 0 Å². The third-order valence-corrected chi connectivity index (χ3v) is 17.9. The number of hydrogen-bond acceptors (Lipinski definition) is 4. The second-order valence-corrected chi connectivity index (χ2v) is 26.2. The average molecular weight is 1290 g/mol. The van der Waals surface area contributed by atoms with E-state index in [1.54, 1.807) is 0 Å². The second-order valence-electron chi connectivity index (χ2n) is 26.2. The van der Waals surface area contributed by atoms with Gasteiger partial charge in [0.05, 0.1) is 0 Å². The molecule has 0 radical (unpaired) electrons. The molecule has 0 saturated carbocycles. The number of para-hydroxylation sites is 2. The molecule has 0 fully saturated rings. The van der Waals surface area contributed by atoms with Crippen LogP contribution in [0.25, 0.3) is 38.8 Å². The van der Waals surface area contributed by atoms with Crippen LogP contribution in [0.15, 0.2) is 212 Å². The smallest absolute Gasteiger partial charge is 0.135 e. The zero-order valence-corrected chi connectivity index (χ0v) is 53.7. The van der Waals surface area contributed by atoms with Gasteiger partial charge in [-0.05, 0) is 121 Å². The molecular weight excluding hydrogens is 1220 g/mol. The maximum Gasteiger partial charge on any atom is 0.135 e. The number of ether oxygens (including phenoxy) is 1. The SMILES string of the molecule is CC(C)c1cccc(C(C)C)c1-c1cc(Oc2[c-]c3c(cc2)c2cc(C(C)(C)c4ccccc4)ccc2n3-c2cc(C(C)(C)C)ccn2)[c-]c(N2[CH-]N(c3cc(C(C)(C)c4ccccc4)cc(C(C)(C)c4ccccc4)c3)c3ccccc32)c1.[Pt]. The number of aromatic nitrogens is 2. The normalized spacial score (nSPS) is 13.0. The molecule has 85 heavy (non-hydrogen) atoms. The fourth-order valence-electron chi connectivity index (χ4n) is 12.5. The van der Waals surface area contributed by atoms with Gasteiger partial charge in [0.2, 0.25) is 0 Å². The molecule has 12 rings (SSSR count). The summed E-state index contributed by atoms with van der Waals surface area (Å²) in [5.74, 6) is 2.56. The molecule has 2 aromatic heterocycles. The van der Waals surface area contributed by atoms with E-state index in [1.807, 2.05) is 6.20 Å². The Morgan fingerprint density at radius 1 is 0.447 bits per heavy atom. The number of hydrogen-bond donors (Lipinski definition) is 0. The van der Waals surface area contributed by atoms with Gasteiger partial charge in [-0.3, -0.25) is 0 Å². The van der Waals surface area contributed by atoms with Crippen LogP contribution in [0.2, 0.25) is 0 Å². The summed E-state index contributed by atoms with van der Waals surface area (Å²) in [5, 5.41) is 2.21. The molecule has 1 aliphatic heterocycles. The van der Waals surface area contributed by atoms with E-state index in [9.17, 15) is 0 Å². The summed E-state index contributed by atoms with van der Waals surface area (Å²) in [7, 11) is 0. The topological polar surface area (TPSA) is 33.5 Å². The Bertz CT molecular complexity index is 4130. The summed E-state index contributed by atoms with van der Waals surface area (Å²) in [6, 6.07) is 83.0. The molecule has 0 atom stereocenters. The number of rotatable bonds is 14. The number of pyridine rings is 1. The first-order valence-corrected chi connectivity index (χ1v) is 29.9. The van der Waals surface area contributed by atoms with Crippen molar-refractivity contribution in [3.05, 3.63) is 281 Å². The fourth-order valence-corrected chi connectivity index (χ4v) is 12.5. The van der Waals surface area contributed by atoms with E-state index in [4.69, 9.17) is 9.72 Å². The molecule has 0 unspecified atom stereocenters. The molecule has 5 nitrogen and oxygen atoms in total. The van der Waals surface area contributed by atoms with Crippen LogP contribution in [0.3, 0.4) is 0 Å². The van der Waals surface area contributed by atoms with E-state index in [1.165, 1.54) is 55.6 Å². The van der Waals surface area contributed by atoms with Gasteiger partial charge >= 0.3 is 0 Å². The standard InChI is InChI=1S/C79H77N4O.Pt/c1-52(2)66-32-25-33-67(53(3)4)75(66)54-42-62(81-51-82(72-35-24-23-34-71(72)81)63-45-60(78(10,11)56-28-19-15-20-29-56)44-61(46-63)79(12,13)57-30-21-16-22-31-57)49-65(43-54)84-64-37-38-68-69-47-59(77(8,9)55-26-17-14-18-27-55)36-39-70(69)83(73(68)50-64)74-48-58(40-41-80-74)76(5,6)7;/h14-48,51-53H,1-13H3;/q-3;. The molecule has 0 spiro atoms. The van der Waals surface area contributed by atoms with Crippen LogP contribution in [-0.4, -0.2) is 9.55 Å². The Labute approximate surface area is 519 Å². The maximum absolute atomic E-state index is 7.24. The van der Waals surface area contributed by atoms with Crippen LogP contribution in [0.1, 0.15) is 152 Å². The van der Waals surface area contributed by atoms with Gasteiger partial charge in [0.1, 0.15) is 5.82 Å². The first kappa shape index (κ1) is 58.8. The molecular formula is C79H77N4OPt-3. The van der Waals surface area contributed by atoms with Crippen molar-refractivity contribution in [2.45, 2.75) is 124 Å². The van der Waals surface area contributed by atoms with Crippen LogP contribution < -0.4 is 14.5 Å². The monoisotopic (exact) mass is 1290 g/mol. The first-order chi connectivity index (χ1) is 40.2. The van der Waals surface area contributed by atoms with E-state index in [0.29, 0.717) is 11.5 Å². The van der Waals surface area contributed by atoms with Gasteiger partial charge < -0.3 is 19.1 Å². The number of benzene rings is 9. The van der Waals surface area contributed by atoms with Crippen molar-refractivity contribution in [2.24, 2.45) is 0 Å². The number of fused-ring (bicyclic) bond motifs is 4. The molecule has 0 amide bonds. The van der Waals surface area contributed by atoms with Gasteiger partial charge in [-0.1, -0.05) is 235 Å². The molecule has 0 N–H and O–H groups in total. The zero-order valence-electron chi connectivity index (χ0n) is 51.5.